The SMILES string of the molecule is CC(c1cccs1)N(C)C(=O)NCc1cccc(C#N)c1. The molecule has 1 N–H and O–H groups in total. The van der Waals surface area contributed by atoms with Crippen LogP contribution in [0, 0.1) is 11.3 Å². The van der Waals surface area contributed by atoms with E-state index < -0.39 is 0 Å². The molecule has 0 radical (unpaired) electrons. The number of rotatable bonds is 4. The molecule has 0 aliphatic rings. The lowest BCUT2D eigenvalue weighted by Crippen LogP contribution is -2.38. The van der Waals surface area contributed by atoms with Crippen LogP contribution in [-0.2, 0) is 6.54 Å². The number of hydrogen-bond acceptors (Lipinski definition) is 3. The topological polar surface area (TPSA) is 56.1 Å². The fourth-order valence-corrected chi connectivity index (χ4v) is 2.78. The fourth-order valence-electron chi connectivity index (χ4n) is 1.95. The molecular formula is C16H17N3OS. The van der Waals surface area contributed by atoms with E-state index in [1.165, 1.54) is 0 Å². The van der Waals surface area contributed by atoms with Gasteiger partial charge in [0, 0.05) is 18.5 Å². The highest BCUT2D eigenvalue weighted by Gasteiger charge is 2.17. The van der Waals surface area contributed by atoms with Crippen molar-refractivity contribution in [3.63, 3.8) is 0 Å². The number of carbonyl (C=O) groups is 1. The molecule has 0 aliphatic carbocycles. The molecule has 108 valence electrons. The van der Waals surface area contributed by atoms with Crippen LogP contribution in [0.2, 0.25) is 0 Å². The first kappa shape index (κ1) is 15.1. The van der Waals surface area contributed by atoms with Crippen molar-refractivity contribution in [2.75, 3.05) is 7.05 Å². The van der Waals surface area contributed by atoms with Gasteiger partial charge in [0.15, 0.2) is 0 Å². The lowest BCUT2D eigenvalue weighted by molar-refractivity contribution is 0.194. The fraction of sp³-hybridized carbons (Fsp3) is 0.250. The Labute approximate surface area is 128 Å². The van der Waals surface area contributed by atoms with Crippen LogP contribution in [0.3, 0.4) is 0 Å². The molecule has 1 unspecified atom stereocenters. The average molecular weight is 299 g/mol. The van der Waals surface area contributed by atoms with Gasteiger partial charge in [-0.3, -0.25) is 0 Å². The third kappa shape index (κ3) is 3.83. The van der Waals surface area contributed by atoms with Crippen molar-refractivity contribution in [1.29, 1.82) is 5.26 Å². The summed E-state index contributed by atoms with van der Waals surface area (Å²) in [6.07, 6.45) is 0. The van der Waals surface area contributed by atoms with E-state index in [4.69, 9.17) is 5.26 Å². The second-order valence-electron chi connectivity index (χ2n) is 4.77. The lowest BCUT2D eigenvalue weighted by Gasteiger charge is -2.24. The van der Waals surface area contributed by atoms with Crippen molar-refractivity contribution in [2.24, 2.45) is 0 Å². The second kappa shape index (κ2) is 6.91. The molecular weight excluding hydrogens is 282 g/mol. The van der Waals surface area contributed by atoms with E-state index in [1.54, 1.807) is 35.4 Å². The monoisotopic (exact) mass is 299 g/mol. The quantitative estimate of drug-likeness (QED) is 0.939. The highest BCUT2D eigenvalue weighted by molar-refractivity contribution is 7.10. The minimum absolute atomic E-state index is 0.0374. The Morgan fingerprint density at radius 2 is 2.24 bits per heavy atom. The van der Waals surface area contributed by atoms with Gasteiger partial charge in [-0.2, -0.15) is 5.26 Å². The zero-order valence-corrected chi connectivity index (χ0v) is 12.9. The average Bonchev–Trinajstić information content (AvgIpc) is 3.05. The molecule has 1 aromatic carbocycles. The summed E-state index contributed by atoms with van der Waals surface area (Å²) in [5, 5.41) is 13.7. The van der Waals surface area contributed by atoms with Crippen LogP contribution in [-0.4, -0.2) is 18.0 Å². The van der Waals surface area contributed by atoms with E-state index in [0.717, 1.165) is 10.4 Å². The van der Waals surface area contributed by atoms with Crippen molar-refractivity contribution < 1.29 is 4.79 Å². The Balaban J connectivity index is 1.93. The summed E-state index contributed by atoms with van der Waals surface area (Å²) in [6, 6.07) is 13.2. The van der Waals surface area contributed by atoms with Gasteiger partial charge < -0.3 is 10.2 Å². The van der Waals surface area contributed by atoms with Crippen molar-refractivity contribution in [2.45, 2.75) is 19.5 Å². The highest BCUT2D eigenvalue weighted by Crippen LogP contribution is 2.23. The van der Waals surface area contributed by atoms with Gasteiger partial charge in [-0.15, -0.1) is 11.3 Å². The predicted octanol–water partition coefficient (Wildman–Crippen LogP) is 3.52. The molecule has 0 saturated carbocycles. The minimum atomic E-state index is -0.127. The normalized spacial score (nSPS) is 11.5. The number of nitriles is 1. The molecule has 5 heteroatoms. The van der Waals surface area contributed by atoms with Crippen molar-refractivity contribution in [1.82, 2.24) is 10.2 Å². The van der Waals surface area contributed by atoms with Crippen LogP contribution in [0.15, 0.2) is 41.8 Å². The Bertz CT molecular complexity index is 646. The Morgan fingerprint density at radius 1 is 1.43 bits per heavy atom. The molecule has 21 heavy (non-hydrogen) atoms. The maximum atomic E-state index is 12.2. The van der Waals surface area contributed by atoms with Gasteiger partial charge in [-0.25, -0.2) is 4.79 Å². The predicted molar refractivity (Wildman–Crippen MR) is 83.9 cm³/mol. The molecule has 2 rings (SSSR count). The van der Waals surface area contributed by atoms with E-state index in [-0.39, 0.29) is 12.1 Å². The Morgan fingerprint density at radius 3 is 2.90 bits per heavy atom. The van der Waals surface area contributed by atoms with E-state index in [2.05, 4.69) is 11.4 Å². The smallest absolute Gasteiger partial charge is 0.317 e. The lowest BCUT2D eigenvalue weighted by atomic mass is 10.1. The van der Waals surface area contributed by atoms with Crippen LogP contribution >= 0.6 is 11.3 Å². The summed E-state index contributed by atoms with van der Waals surface area (Å²) in [4.78, 5) is 15.0. The van der Waals surface area contributed by atoms with Gasteiger partial charge in [-0.1, -0.05) is 18.2 Å². The van der Waals surface area contributed by atoms with Crippen LogP contribution < -0.4 is 5.32 Å². The van der Waals surface area contributed by atoms with Gasteiger partial charge in [0.05, 0.1) is 17.7 Å². The van der Waals surface area contributed by atoms with Gasteiger partial charge in [0.2, 0.25) is 0 Å². The number of amides is 2. The third-order valence-electron chi connectivity index (χ3n) is 3.36. The molecule has 0 aliphatic heterocycles. The maximum Gasteiger partial charge on any atom is 0.317 e. The Kier molecular flexibility index (Phi) is 4.96. The number of urea groups is 1. The molecule has 1 aromatic heterocycles. The zero-order chi connectivity index (χ0) is 15.2. The first-order valence-electron chi connectivity index (χ1n) is 6.65. The molecule has 0 fully saturated rings. The zero-order valence-electron chi connectivity index (χ0n) is 12.0. The van der Waals surface area contributed by atoms with Crippen molar-refractivity contribution >= 4 is 17.4 Å². The maximum absolute atomic E-state index is 12.2. The minimum Gasteiger partial charge on any atom is -0.334 e. The third-order valence-corrected chi connectivity index (χ3v) is 4.40. The van der Waals surface area contributed by atoms with Gasteiger partial charge in [0.1, 0.15) is 0 Å². The molecule has 0 bridgehead atoms. The van der Waals surface area contributed by atoms with E-state index in [0.29, 0.717) is 12.1 Å². The summed E-state index contributed by atoms with van der Waals surface area (Å²) < 4.78 is 0. The van der Waals surface area contributed by atoms with Crippen LogP contribution in [0.5, 0.6) is 0 Å². The van der Waals surface area contributed by atoms with Crippen LogP contribution in [0.1, 0.15) is 29.0 Å². The summed E-state index contributed by atoms with van der Waals surface area (Å²) >= 11 is 1.64. The first-order chi connectivity index (χ1) is 10.1. The van der Waals surface area contributed by atoms with Gasteiger partial charge in [0.25, 0.3) is 0 Å². The van der Waals surface area contributed by atoms with Gasteiger partial charge >= 0.3 is 6.03 Å². The molecule has 4 nitrogen and oxygen atoms in total. The molecule has 0 saturated heterocycles. The first-order valence-corrected chi connectivity index (χ1v) is 7.53. The molecule has 1 heterocycles. The second-order valence-corrected chi connectivity index (χ2v) is 5.75. The number of benzene rings is 1. The highest BCUT2D eigenvalue weighted by atomic mass is 32.1. The largest absolute Gasteiger partial charge is 0.334 e. The summed E-state index contributed by atoms with van der Waals surface area (Å²) in [5.74, 6) is 0. The van der Waals surface area contributed by atoms with Crippen molar-refractivity contribution in [3.05, 3.63) is 57.8 Å². The summed E-state index contributed by atoms with van der Waals surface area (Å²) in [7, 11) is 1.78. The molecule has 2 amide bonds. The van der Waals surface area contributed by atoms with E-state index >= 15 is 0 Å². The van der Waals surface area contributed by atoms with Crippen LogP contribution in [0.25, 0.3) is 0 Å². The summed E-state index contributed by atoms with van der Waals surface area (Å²) in [6.45, 7) is 2.41. The van der Waals surface area contributed by atoms with Gasteiger partial charge in [-0.05, 0) is 36.1 Å². The number of hydrogen-bond donors (Lipinski definition) is 1. The standard InChI is InChI=1S/C16H17N3OS/c1-12(15-7-4-8-21-15)19(2)16(20)18-11-14-6-3-5-13(9-14)10-17/h3-9,12H,11H2,1-2H3,(H,18,20). The number of nitrogens with one attached hydrogen (secondary N) is 1. The molecule has 0 spiro atoms. The summed E-state index contributed by atoms with van der Waals surface area (Å²) in [5.41, 5.74) is 1.52. The van der Waals surface area contributed by atoms with Crippen LogP contribution in [0.4, 0.5) is 4.79 Å². The molecule has 2 aromatic rings. The number of thiophene rings is 1. The van der Waals surface area contributed by atoms with E-state index in [1.807, 2.05) is 36.6 Å². The number of carbonyl (C=O) groups excluding carboxylic acids is 1. The number of nitrogens with zero attached hydrogens (tertiary/aromatic N) is 2. The Hall–Kier alpha value is -2.32. The van der Waals surface area contributed by atoms with Crippen molar-refractivity contribution in [3.8, 4) is 6.07 Å². The molecule has 1 atom stereocenters. The van der Waals surface area contributed by atoms with E-state index in [9.17, 15) is 4.79 Å².